The summed E-state index contributed by atoms with van der Waals surface area (Å²) < 4.78 is 23.9. The summed E-state index contributed by atoms with van der Waals surface area (Å²) in [5, 5.41) is 14.7. The SMILES string of the molecule is O=C1CC(C(=O)NC(CO)CC2OCCO2)c2ccc(F)cc2N1. The van der Waals surface area contributed by atoms with Gasteiger partial charge in [0, 0.05) is 18.5 Å². The minimum absolute atomic E-state index is 0.0287. The summed E-state index contributed by atoms with van der Waals surface area (Å²) in [5.74, 6) is -1.96. The van der Waals surface area contributed by atoms with Crippen molar-refractivity contribution in [2.75, 3.05) is 25.1 Å². The van der Waals surface area contributed by atoms with Crippen LogP contribution in [0.2, 0.25) is 0 Å². The van der Waals surface area contributed by atoms with Crippen molar-refractivity contribution in [3.05, 3.63) is 29.6 Å². The molecule has 3 N–H and O–H groups in total. The molecule has 3 rings (SSSR count). The maximum atomic E-state index is 13.3. The first-order valence-corrected chi connectivity index (χ1v) is 7.80. The number of hydrogen-bond donors (Lipinski definition) is 3. The average Bonchev–Trinajstić information content (AvgIpc) is 3.05. The smallest absolute Gasteiger partial charge is 0.228 e. The first kappa shape index (κ1) is 16.8. The number of anilines is 1. The molecule has 2 aliphatic heterocycles. The number of hydrogen-bond acceptors (Lipinski definition) is 5. The van der Waals surface area contributed by atoms with Gasteiger partial charge in [0.25, 0.3) is 0 Å². The van der Waals surface area contributed by atoms with E-state index in [0.717, 1.165) is 0 Å². The van der Waals surface area contributed by atoms with Crippen molar-refractivity contribution < 1.29 is 28.6 Å². The van der Waals surface area contributed by atoms with Crippen molar-refractivity contribution in [1.82, 2.24) is 5.32 Å². The van der Waals surface area contributed by atoms with Crippen LogP contribution < -0.4 is 10.6 Å². The Bertz CT molecular complexity index is 633. The summed E-state index contributed by atoms with van der Waals surface area (Å²) >= 11 is 0. The number of amides is 2. The second-order valence-corrected chi connectivity index (χ2v) is 5.83. The fourth-order valence-electron chi connectivity index (χ4n) is 2.93. The highest BCUT2D eigenvalue weighted by molar-refractivity contribution is 6.01. The Morgan fingerprint density at radius 2 is 2.17 bits per heavy atom. The molecule has 1 aromatic carbocycles. The van der Waals surface area contributed by atoms with Gasteiger partial charge in [-0.1, -0.05) is 6.07 Å². The molecule has 7 nitrogen and oxygen atoms in total. The normalized spacial score (nSPS) is 21.9. The lowest BCUT2D eigenvalue weighted by atomic mass is 9.89. The first-order valence-electron chi connectivity index (χ1n) is 7.80. The Kier molecular flexibility index (Phi) is 5.08. The van der Waals surface area contributed by atoms with Gasteiger partial charge in [-0.25, -0.2) is 4.39 Å². The van der Waals surface area contributed by atoms with Crippen LogP contribution in [0.3, 0.4) is 0 Å². The van der Waals surface area contributed by atoms with Crippen molar-refractivity contribution in [3.8, 4) is 0 Å². The van der Waals surface area contributed by atoms with Gasteiger partial charge in [-0.05, 0) is 17.7 Å². The van der Waals surface area contributed by atoms with E-state index in [-0.39, 0.29) is 18.9 Å². The van der Waals surface area contributed by atoms with Gasteiger partial charge < -0.3 is 25.2 Å². The Hall–Kier alpha value is -2.03. The highest BCUT2D eigenvalue weighted by atomic mass is 19.1. The van der Waals surface area contributed by atoms with Crippen LogP contribution in [0.1, 0.15) is 24.3 Å². The lowest BCUT2D eigenvalue weighted by molar-refractivity contribution is -0.127. The number of fused-ring (bicyclic) bond motifs is 1. The van der Waals surface area contributed by atoms with Crippen LogP contribution in [0.4, 0.5) is 10.1 Å². The van der Waals surface area contributed by atoms with E-state index in [1.807, 2.05) is 0 Å². The number of halogens is 1. The van der Waals surface area contributed by atoms with Gasteiger partial charge in [-0.3, -0.25) is 9.59 Å². The van der Waals surface area contributed by atoms with Crippen LogP contribution in [0.15, 0.2) is 18.2 Å². The summed E-state index contributed by atoms with van der Waals surface area (Å²) in [5.41, 5.74) is 0.855. The summed E-state index contributed by atoms with van der Waals surface area (Å²) in [4.78, 5) is 24.3. The van der Waals surface area contributed by atoms with E-state index in [9.17, 15) is 19.1 Å². The fourth-order valence-corrected chi connectivity index (χ4v) is 2.93. The molecule has 2 atom stereocenters. The van der Waals surface area contributed by atoms with Crippen LogP contribution in [-0.2, 0) is 19.1 Å². The number of benzene rings is 1. The van der Waals surface area contributed by atoms with E-state index in [4.69, 9.17) is 9.47 Å². The van der Waals surface area contributed by atoms with E-state index in [1.54, 1.807) is 0 Å². The maximum Gasteiger partial charge on any atom is 0.228 e. The second-order valence-electron chi connectivity index (χ2n) is 5.83. The van der Waals surface area contributed by atoms with Crippen LogP contribution in [0.5, 0.6) is 0 Å². The Morgan fingerprint density at radius 1 is 1.42 bits per heavy atom. The standard InChI is InChI=1S/C16H19FN2O5/c17-9-1-2-11-12(7-14(21)19-13(11)5-9)16(22)18-10(8-20)6-15-23-3-4-24-15/h1-2,5,10,12,15,20H,3-4,6-8H2,(H,18,22)(H,19,21). The van der Waals surface area contributed by atoms with E-state index in [2.05, 4.69) is 10.6 Å². The van der Waals surface area contributed by atoms with Crippen molar-refractivity contribution >= 4 is 17.5 Å². The third-order valence-corrected chi connectivity index (χ3v) is 4.11. The molecule has 2 amide bonds. The molecule has 8 heteroatoms. The van der Waals surface area contributed by atoms with Crippen LogP contribution in [-0.4, -0.2) is 49.1 Å². The molecule has 1 aromatic rings. The fraction of sp³-hybridized carbons (Fsp3) is 0.500. The molecule has 0 spiro atoms. The molecule has 130 valence electrons. The molecule has 24 heavy (non-hydrogen) atoms. The van der Waals surface area contributed by atoms with Gasteiger partial charge in [0.2, 0.25) is 11.8 Å². The highest BCUT2D eigenvalue weighted by Crippen LogP contribution is 2.33. The summed E-state index contributed by atoms with van der Waals surface area (Å²) in [6.07, 6.45) is -0.172. The number of rotatable bonds is 5. The van der Waals surface area contributed by atoms with Crippen LogP contribution in [0.25, 0.3) is 0 Å². The summed E-state index contributed by atoms with van der Waals surface area (Å²) in [6, 6.07) is 3.39. The Morgan fingerprint density at radius 3 is 2.88 bits per heavy atom. The van der Waals surface area contributed by atoms with Gasteiger partial charge in [0.15, 0.2) is 6.29 Å². The lowest BCUT2D eigenvalue weighted by Gasteiger charge is -2.27. The van der Waals surface area contributed by atoms with Crippen LogP contribution >= 0.6 is 0 Å². The van der Waals surface area contributed by atoms with Crippen molar-refractivity contribution in [2.45, 2.75) is 31.1 Å². The maximum absolute atomic E-state index is 13.3. The Balaban J connectivity index is 1.71. The van der Waals surface area contributed by atoms with Gasteiger partial charge in [0.1, 0.15) is 5.82 Å². The van der Waals surface area contributed by atoms with Gasteiger partial charge in [0.05, 0.1) is 31.8 Å². The summed E-state index contributed by atoms with van der Waals surface area (Å²) in [6.45, 7) is 0.696. The molecule has 1 saturated heterocycles. The average molecular weight is 338 g/mol. The molecule has 0 aliphatic carbocycles. The predicted molar refractivity (Wildman–Crippen MR) is 81.7 cm³/mol. The first-order chi connectivity index (χ1) is 11.6. The number of aliphatic hydroxyl groups is 1. The number of carbonyl (C=O) groups excluding carboxylic acids is 2. The lowest BCUT2D eigenvalue weighted by Crippen LogP contribution is -2.44. The monoisotopic (exact) mass is 338 g/mol. The van der Waals surface area contributed by atoms with E-state index in [0.29, 0.717) is 30.9 Å². The van der Waals surface area contributed by atoms with Gasteiger partial charge in [-0.2, -0.15) is 0 Å². The number of aliphatic hydroxyl groups excluding tert-OH is 1. The van der Waals surface area contributed by atoms with Gasteiger partial charge >= 0.3 is 0 Å². The van der Waals surface area contributed by atoms with Crippen molar-refractivity contribution in [2.24, 2.45) is 0 Å². The zero-order valence-electron chi connectivity index (χ0n) is 13.0. The van der Waals surface area contributed by atoms with E-state index >= 15 is 0 Å². The van der Waals surface area contributed by atoms with Gasteiger partial charge in [-0.15, -0.1) is 0 Å². The molecule has 0 radical (unpaired) electrons. The zero-order valence-corrected chi connectivity index (χ0v) is 13.0. The van der Waals surface area contributed by atoms with Crippen LogP contribution in [0, 0.1) is 5.82 Å². The molecule has 2 heterocycles. The van der Waals surface area contributed by atoms with E-state index in [1.165, 1.54) is 18.2 Å². The van der Waals surface area contributed by atoms with E-state index < -0.39 is 30.0 Å². The molecular weight excluding hydrogens is 319 g/mol. The minimum atomic E-state index is -0.728. The zero-order chi connectivity index (χ0) is 17.1. The topological polar surface area (TPSA) is 96.9 Å². The molecule has 0 aromatic heterocycles. The molecular formula is C16H19FN2O5. The highest BCUT2D eigenvalue weighted by Gasteiger charge is 2.32. The molecule has 2 aliphatic rings. The molecule has 0 bridgehead atoms. The largest absolute Gasteiger partial charge is 0.394 e. The number of ether oxygens (including phenoxy) is 2. The molecule has 1 fully saturated rings. The Labute approximate surface area is 138 Å². The predicted octanol–water partition coefficient (Wildman–Crippen LogP) is 0.492. The van der Waals surface area contributed by atoms with Crippen molar-refractivity contribution in [1.29, 1.82) is 0 Å². The minimum Gasteiger partial charge on any atom is -0.394 e. The third kappa shape index (κ3) is 3.72. The molecule has 0 saturated carbocycles. The number of nitrogens with one attached hydrogen (secondary N) is 2. The molecule has 2 unspecified atom stereocenters. The third-order valence-electron chi connectivity index (χ3n) is 4.11. The number of carbonyl (C=O) groups is 2. The summed E-state index contributed by atoms with van der Waals surface area (Å²) in [7, 11) is 0. The second kappa shape index (κ2) is 7.25. The quantitative estimate of drug-likeness (QED) is 0.726. The van der Waals surface area contributed by atoms with Crippen molar-refractivity contribution in [3.63, 3.8) is 0 Å².